The van der Waals surface area contributed by atoms with Crippen LogP contribution in [-0.4, -0.2) is 19.3 Å². The van der Waals surface area contributed by atoms with Gasteiger partial charge in [0.2, 0.25) is 0 Å². The van der Waals surface area contributed by atoms with Crippen molar-refractivity contribution in [2.24, 2.45) is 0 Å². The highest BCUT2D eigenvalue weighted by molar-refractivity contribution is 9.10. The first-order valence-corrected chi connectivity index (χ1v) is 6.63. The lowest BCUT2D eigenvalue weighted by atomic mass is 10.1. The first-order chi connectivity index (χ1) is 8.28. The summed E-state index contributed by atoms with van der Waals surface area (Å²) in [5.41, 5.74) is 1.62. The number of anilines is 1. The molecule has 0 bridgehead atoms. The zero-order valence-electron chi connectivity index (χ0n) is 9.58. The molecular weight excluding hydrogens is 280 g/mol. The Balaban J connectivity index is 1.94. The van der Waals surface area contributed by atoms with Crippen molar-refractivity contribution in [2.45, 2.75) is 25.4 Å². The molecular formula is C13H15BrN2O. The van der Waals surface area contributed by atoms with Gasteiger partial charge in [-0.05, 0) is 37.5 Å². The van der Waals surface area contributed by atoms with Crippen LogP contribution >= 0.6 is 15.9 Å². The first-order valence-electron chi connectivity index (χ1n) is 5.84. The molecule has 0 saturated carbocycles. The number of halogens is 1. The van der Waals surface area contributed by atoms with E-state index in [-0.39, 0.29) is 0 Å². The summed E-state index contributed by atoms with van der Waals surface area (Å²) in [7, 11) is 0. The van der Waals surface area contributed by atoms with Crippen LogP contribution in [0.15, 0.2) is 22.7 Å². The summed E-state index contributed by atoms with van der Waals surface area (Å²) >= 11 is 3.40. The number of rotatable bonds is 3. The van der Waals surface area contributed by atoms with E-state index < -0.39 is 0 Å². The van der Waals surface area contributed by atoms with Crippen LogP contribution in [0.4, 0.5) is 5.69 Å². The van der Waals surface area contributed by atoms with Gasteiger partial charge in [0.1, 0.15) is 0 Å². The van der Waals surface area contributed by atoms with Crippen molar-refractivity contribution in [3.05, 3.63) is 28.2 Å². The zero-order valence-corrected chi connectivity index (χ0v) is 11.2. The zero-order chi connectivity index (χ0) is 12.1. The maximum atomic E-state index is 8.88. The van der Waals surface area contributed by atoms with Crippen molar-refractivity contribution in [1.82, 2.24) is 0 Å². The lowest BCUT2D eigenvalue weighted by Crippen LogP contribution is -2.26. The second kappa shape index (κ2) is 6.04. The van der Waals surface area contributed by atoms with E-state index >= 15 is 0 Å². The third-order valence-electron chi connectivity index (χ3n) is 2.83. The fourth-order valence-corrected chi connectivity index (χ4v) is 2.45. The molecule has 1 fully saturated rings. The fraction of sp³-hybridized carbons (Fsp3) is 0.462. The summed E-state index contributed by atoms with van der Waals surface area (Å²) in [4.78, 5) is 0. The average Bonchev–Trinajstić information content (AvgIpc) is 2.37. The molecule has 0 aromatic heterocycles. The van der Waals surface area contributed by atoms with Gasteiger partial charge in [0.15, 0.2) is 0 Å². The minimum absolute atomic E-state index is 0.299. The van der Waals surface area contributed by atoms with Crippen LogP contribution in [0.5, 0.6) is 0 Å². The molecule has 0 spiro atoms. The van der Waals surface area contributed by atoms with Crippen LogP contribution in [0.2, 0.25) is 0 Å². The molecule has 1 saturated heterocycles. The highest BCUT2D eigenvalue weighted by atomic mass is 79.9. The topological polar surface area (TPSA) is 45.0 Å². The van der Waals surface area contributed by atoms with E-state index in [9.17, 15) is 0 Å². The third kappa shape index (κ3) is 3.72. The molecule has 1 N–H and O–H groups in total. The second-order valence-electron chi connectivity index (χ2n) is 4.21. The van der Waals surface area contributed by atoms with Crippen LogP contribution in [0, 0.1) is 11.3 Å². The highest BCUT2D eigenvalue weighted by Gasteiger charge is 2.13. The molecule has 90 valence electrons. The normalized spacial score (nSPS) is 19.6. The van der Waals surface area contributed by atoms with Crippen LogP contribution in [-0.2, 0) is 4.74 Å². The monoisotopic (exact) mass is 294 g/mol. The number of hydrogen-bond acceptors (Lipinski definition) is 3. The summed E-state index contributed by atoms with van der Waals surface area (Å²) in [6, 6.07) is 7.78. The Morgan fingerprint density at radius 1 is 1.41 bits per heavy atom. The largest absolute Gasteiger partial charge is 0.382 e. The molecule has 0 aliphatic carbocycles. The Morgan fingerprint density at radius 3 is 3.00 bits per heavy atom. The molecule has 4 heteroatoms. The van der Waals surface area contributed by atoms with Crippen LogP contribution < -0.4 is 5.32 Å². The van der Waals surface area contributed by atoms with Gasteiger partial charge in [-0.1, -0.05) is 15.9 Å². The summed E-state index contributed by atoms with van der Waals surface area (Å²) in [6.45, 7) is 1.68. The van der Waals surface area contributed by atoms with Crippen molar-refractivity contribution in [1.29, 1.82) is 5.26 Å². The van der Waals surface area contributed by atoms with Gasteiger partial charge in [-0.15, -0.1) is 0 Å². The van der Waals surface area contributed by atoms with Crippen LogP contribution in [0.1, 0.15) is 24.8 Å². The smallest absolute Gasteiger partial charge is 0.0992 e. The molecule has 3 nitrogen and oxygen atoms in total. The molecule has 1 aliphatic heterocycles. The number of nitrogens with one attached hydrogen (secondary N) is 1. The summed E-state index contributed by atoms with van der Waals surface area (Å²) in [6.07, 6.45) is 3.83. The van der Waals surface area contributed by atoms with Crippen LogP contribution in [0.25, 0.3) is 0 Å². The Labute approximate surface area is 110 Å². The Hall–Kier alpha value is -1.05. The van der Waals surface area contributed by atoms with Crippen molar-refractivity contribution >= 4 is 21.6 Å². The molecule has 2 rings (SSSR count). The number of nitrogens with zero attached hydrogens (tertiary/aromatic N) is 1. The maximum Gasteiger partial charge on any atom is 0.0992 e. The molecule has 0 radical (unpaired) electrons. The van der Waals surface area contributed by atoms with Gasteiger partial charge < -0.3 is 10.1 Å². The molecule has 1 unspecified atom stereocenters. The van der Waals surface area contributed by atoms with Gasteiger partial charge in [-0.3, -0.25) is 0 Å². The average molecular weight is 295 g/mol. The first kappa shape index (κ1) is 12.4. The lowest BCUT2D eigenvalue weighted by molar-refractivity contribution is 0.0247. The van der Waals surface area contributed by atoms with E-state index in [4.69, 9.17) is 10.00 Å². The molecule has 17 heavy (non-hydrogen) atoms. The van der Waals surface area contributed by atoms with Crippen LogP contribution in [0.3, 0.4) is 0 Å². The predicted molar refractivity (Wildman–Crippen MR) is 70.9 cm³/mol. The van der Waals surface area contributed by atoms with Crippen molar-refractivity contribution in [3.63, 3.8) is 0 Å². The van der Waals surface area contributed by atoms with Gasteiger partial charge in [-0.25, -0.2) is 0 Å². The van der Waals surface area contributed by atoms with Gasteiger partial charge in [-0.2, -0.15) is 5.26 Å². The predicted octanol–water partition coefficient (Wildman–Crippen LogP) is 3.30. The molecule has 1 heterocycles. The van der Waals surface area contributed by atoms with E-state index in [1.165, 1.54) is 12.8 Å². The highest BCUT2D eigenvalue weighted by Crippen LogP contribution is 2.20. The van der Waals surface area contributed by atoms with Crippen molar-refractivity contribution in [3.8, 4) is 6.07 Å². The van der Waals surface area contributed by atoms with Gasteiger partial charge in [0.05, 0.1) is 17.7 Å². The van der Waals surface area contributed by atoms with Gasteiger partial charge >= 0.3 is 0 Å². The van der Waals surface area contributed by atoms with Gasteiger partial charge in [0.25, 0.3) is 0 Å². The van der Waals surface area contributed by atoms with E-state index in [0.29, 0.717) is 11.7 Å². The van der Waals surface area contributed by atoms with E-state index in [1.54, 1.807) is 0 Å². The minimum Gasteiger partial charge on any atom is -0.382 e. The number of benzene rings is 1. The van der Waals surface area contributed by atoms with E-state index in [0.717, 1.165) is 29.7 Å². The fourth-order valence-electron chi connectivity index (χ4n) is 1.96. The third-order valence-corrected chi connectivity index (χ3v) is 3.29. The number of ether oxygens (including phenoxy) is 1. The van der Waals surface area contributed by atoms with Gasteiger partial charge in [0, 0.05) is 23.3 Å². The standard InChI is InChI=1S/C13H15BrN2O/c14-11-5-10(8-15)6-12(7-11)16-9-13-3-1-2-4-17-13/h5-7,13,16H,1-4,9H2. The lowest BCUT2D eigenvalue weighted by Gasteiger charge is -2.23. The molecule has 1 atom stereocenters. The second-order valence-corrected chi connectivity index (χ2v) is 5.13. The molecule has 1 aromatic carbocycles. The number of hydrogen-bond donors (Lipinski definition) is 1. The number of nitriles is 1. The summed E-state index contributed by atoms with van der Waals surface area (Å²) in [5, 5.41) is 12.2. The minimum atomic E-state index is 0.299. The molecule has 0 amide bonds. The molecule has 1 aliphatic rings. The Kier molecular flexibility index (Phi) is 4.41. The molecule has 1 aromatic rings. The maximum absolute atomic E-state index is 8.88. The van der Waals surface area contributed by atoms with Crippen molar-refractivity contribution < 1.29 is 4.74 Å². The Bertz CT molecular complexity index is 422. The quantitative estimate of drug-likeness (QED) is 0.930. The summed E-state index contributed by atoms with van der Waals surface area (Å²) < 4.78 is 6.57. The SMILES string of the molecule is N#Cc1cc(Br)cc(NCC2CCCCO2)c1. The van der Waals surface area contributed by atoms with Crippen molar-refractivity contribution in [2.75, 3.05) is 18.5 Å². The summed E-state index contributed by atoms with van der Waals surface area (Å²) in [5.74, 6) is 0. The van der Waals surface area contributed by atoms with E-state index in [1.807, 2.05) is 18.2 Å². The van der Waals surface area contributed by atoms with E-state index in [2.05, 4.69) is 27.3 Å². The Morgan fingerprint density at radius 2 is 2.29 bits per heavy atom.